The summed E-state index contributed by atoms with van der Waals surface area (Å²) >= 11 is -1.11. The summed E-state index contributed by atoms with van der Waals surface area (Å²) in [6.45, 7) is 6.75. The van der Waals surface area contributed by atoms with Crippen LogP contribution in [0, 0.1) is 13.8 Å². The fraction of sp³-hybridized carbons (Fsp3) is 0.200. The molecule has 4 nitrogen and oxygen atoms in total. The Morgan fingerprint density at radius 3 is 0.933 bits per heavy atom. The molecule has 0 saturated carbocycles. The van der Waals surface area contributed by atoms with Crippen molar-refractivity contribution >= 4 is 50.0 Å². The molecule has 0 aromatic rings. The van der Waals surface area contributed by atoms with Gasteiger partial charge in [-0.25, -0.2) is 0 Å². The summed E-state index contributed by atoms with van der Waals surface area (Å²) < 4.78 is 0. The zero-order chi connectivity index (χ0) is 13.5. The van der Waals surface area contributed by atoms with Crippen LogP contribution < -0.4 is 11.5 Å². The van der Waals surface area contributed by atoms with Crippen molar-refractivity contribution in [2.45, 2.75) is 6.42 Å². The van der Waals surface area contributed by atoms with E-state index in [0.29, 0.717) is 0 Å². The predicted molar refractivity (Wildman–Crippen MR) is 58.5 cm³/mol. The standard InChI is InChI=1S/C3H6.2CH2NO.4ClH.2Ti/c1-3-2;2*2-1-3;;;;;;/h1-3H2;2*(H2,2,3);4*1H;;/q-2;2*-1;;;;;2*+2/p-4. The maximum atomic E-state index is 8.46. The molecule has 0 saturated heterocycles. The molecule has 0 heterocycles. The number of primary amides is 2. The average Bonchev–Trinajstić information content (AvgIpc) is 2.09. The Labute approximate surface area is 124 Å². The summed E-state index contributed by atoms with van der Waals surface area (Å²) in [7, 11) is 19.6. The SMILES string of the molecule is N[C-]=O.N[C-]=O.[CH2-]C[CH2-].[Cl][Ti][Cl].[Cl][Ti][Cl]. The Balaban J connectivity index is -0.0000000278. The third-order valence-electron chi connectivity index (χ3n) is 0. The Bertz CT molecular complexity index is 75.3. The van der Waals surface area contributed by atoms with Crippen molar-refractivity contribution in [1.29, 1.82) is 0 Å². The van der Waals surface area contributed by atoms with Crippen molar-refractivity contribution in [1.82, 2.24) is 0 Å². The monoisotopic (exact) mass is 366 g/mol. The van der Waals surface area contributed by atoms with E-state index in [-0.39, 0.29) is 0 Å². The molecule has 10 heteroatoms. The first-order chi connectivity index (χ1) is 7.07. The number of hydrogen-bond acceptors (Lipinski definition) is 2. The fourth-order valence-electron chi connectivity index (χ4n) is 0. The first-order valence-electron chi connectivity index (χ1n) is 2.74. The predicted octanol–water partition coefficient (Wildman–Crippen LogP) is 1.82. The van der Waals surface area contributed by atoms with Crippen molar-refractivity contribution in [2.24, 2.45) is 11.5 Å². The van der Waals surface area contributed by atoms with Gasteiger partial charge in [-0.15, -0.1) is 0 Å². The second-order valence-corrected chi connectivity index (χ2v) is 5.89. The normalized spacial score (nSPS) is 4.67. The summed E-state index contributed by atoms with van der Waals surface area (Å²) in [6.07, 6.45) is 2.75. The van der Waals surface area contributed by atoms with E-state index in [1.54, 1.807) is 0 Å². The van der Waals surface area contributed by atoms with E-state index in [1.165, 1.54) is 0 Å². The van der Waals surface area contributed by atoms with E-state index in [9.17, 15) is 0 Å². The van der Waals surface area contributed by atoms with Crippen molar-refractivity contribution in [3.8, 4) is 0 Å². The molecular weight excluding hydrogens is 358 g/mol. The van der Waals surface area contributed by atoms with Crippen molar-refractivity contribution in [3.63, 3.8) is 0 Å². The zero-order valence-corrected chi connectivity index (χ0v) is 13.8. The van der Waals surface area contributed by atoms with E-state index in [1.807, 2.05) is 0 Å². The molecule has 0 aliphatic carbocycles. The van der Waals surface area contributed by atoms with Crippen molar-refractivity contribution < 1.29 is 43.7 Å². The van der Waals surface area contributed by atoms with E-state index in [4.69, 9.17) is 46.8 Å². The third kappa shape index (κ3) is 1220. The van der Waals surface area contributed by atoms with Gasteiger partial charge in [-0.3, -0.25) is 0 Å². The number of nitrogens with two attached hydrogens (primary N) is 2. The second-order valence-electron chi connectivity index (χ2n) is 0.732. The number of hydrogen-bond donors (Lipinski definition) is 2. The summed E-state index contributed by atoms with van der Waals surface area (Å²) in [5.41, 5.74) is 8.08. The Kier molecular flexibility index (Phi) is 154. The van der Waals surface area contributed by atoms with Crippen LogP contribution >= 0.6 is 37.2 Å². The van der Waals surface area contributed by atoms with Crippen LogP contribution in [-0.4, -0.2) is 12.8 Å². The van der Waals surface area contributed by atoms with Crippen LogP contribution in [0.3, 0.4) is 0 Å². The molecule has 0 aromatic carbocycles. The molecule has 0 atom stereocenters. The Hall–Kier alpha value is 1.53. The van der Waals surface area contributed by atoms with E-state index < -0.39 is 34.1 Å². The first kappa shape index (κ1) is 30.0. The number of amides is 2. The molecular formula is C5H10Cl4N2O2Ti2-4. The topological polar surface area (TPSA) is 86.2 Å². The molecule has 0 bridgehead atoms. The van der Waals surface area contributed by atoms with Crippen LogP contribution in [0.4, 0.5) is 0 Å². The Morgan fingerprint density at radius 1 is 0.933 bits per heavy atom. The van der Waals surface area contributed by atoms with Crippen molar-refractivity contribution in [2.75, 3.05) is 0 Å². The van der Waals surface area contributed by atoms with E-state index in [2.05, 4.69) is 25.3 Å². The van der Waals surface area contributed by atoms with Gasteiger partial charge in [-0.1, -0.05) is 0 Å². The summed E-state index contributed by atoms with van der Waals surface area (Å²) in [6, 6.07) is 0. The molecule has 0 aliphatic rings. The minimum atomic E-state index is -0.556. The van der Waals surface area contributed by atoms with Gasteiger partial charge in [0.05, 0.1) is 0 Å². The number of rotatable bonds is 0. The van der Waals surface area contributed by atoms with Crippen LogP contribution in [0.15, 0.2) is 0 Å². The van der Waals surface area contributed by atoms with Crippen LogP contribution in [0.2, 0.25) is 0 Å². The quantitative estimate of drug-likeness (QED) is 0.389. The fourth-order valence-corrected chi connectivity index (χ4v) is 0. The molecule has 0 aromatic heterocycles. The van der Waals surface area contributed by atoms with Gasteiger partial charge in [0.25, 0.3) is 0 Å². The van der Waals surface area contributed by atoms with Gasteiger partial charge in [-0.2, -0.15) is 12.8 Å². The molecule has 2 amide bonds. The third-order valence-corrected chi connectivity index (χ3v) is 0. The first-order valence-corrected chi connectivity index (χ1v) is 11.3. The van der Waals surface area contributed by atoms with Crippen LogP contribution in [0.1, 0.15) is 6.42 Å². The van der Waals surface area contributed by atoms with Gasteiger partial charge in [-0.05, 0) is 0 Å². The molecule has 0 rings (SSSR count). The van der Waals surface area contributed by atoms with E-state index >= 15 is 0 Å². The molecule has 92 valence electrons. The van der Waals surface area contributed by atoms with Gasteiger partial charge < -0.3 is 41.3 Å². The van der Waals surface area contributed by atoms with E-state index in [0.717, 1.165) is 19.2 Å². The van der Waals surface area contributed by atoms with Gasteiger partial charge in [0.15, 0.2) is 0 Å². The van der Waals surface area contributed by atoms with Gasteiger partial charge in [0.2, 0.25) is 0 Å². The molecule has 0 aliphatic heterocycles. The summed E-state index contributed by atoms with van der Waals surface area (Å²) in [5.74, 6) is 0. The average molecular weight is 368 g/mol. The maximum absolute atomic E-state index is 8.46. The molecule has 15 heavy (non-hydrogen) atoms. The van der Waals surface area contributed by atoms with Gasteiger partial charge in [0, 0.05) is 0 Å². The molecule has 0 unspecified atom stereocenters. The van der Waals surface area contributed by atoms with Crippen molar-refractivity contribution in [3.05, 3.63) is 13.8 Å². The molecule has 4 N–H and O–H groups in total. The minimum absolute atomic E-state index is 0.556. The second kappa shape index (κ2) is 76.9. The zero-order valence-electron chi connectivity index (χ0n) is 7.60. The number of carbonyl (C=O) groups excluding carboxylic acids is 2. The summed E-state index contributed by atoms with van der Waals surface area (Å²) in [5, 5.41) is 0. The Morgan fingerprint density at radius 2 is 0.933 bits per heavy atom. The van der Waals surface area contributed by atoms with Crippen LogP contribution in [0.5, 0.6) is 0 Å². The van der Waals surface area contributed by atoms with Crippen LogP contribution in [0.25, 0.3) is 0 Å². The molecule has 0 radical (unpaired) electrons. The molecule has 0 fully saturated rings. The van der Waals surface area contributed by atoms with Gasteiger partial charge in [0.1, 0.15) is 0 Å². The van der Waals surface area contributed by atoms with Crippen LogP contribution in [-0.2, 0) is 43.7 Å². The summed E-state index contributed by atoms with van der Waals surface area (Å²) in [4.78, 5) is 16.9. The van der Waals surface area contributed by atoms with Gasteiger partial charge >= 0.3 is 71.3 Å². The molecule has 0 spiro atoms. The number of halogens is 4.